The van der Waals surface area contributed by atoms with Crippen LogP contribution < -0.4 is 11.1 Å². The summed E-state index contributed by atoms with van der Waals surface area (Å²) in [6.45, 7) is 1.98. The van der Waals surface area contributed by atoms with Crippen molar-refractivity contribution in [3.63, 3.8) is 0 Å². The molecule has 2 amide bonds. The summed E-state index contributed by atoms with van der Waals surface area (Å²) in [5.74, 6) is -0.395. The van der Waals surface area contributed by atoms with Crippen LogP contribution in [0.1, 0.15) is 59.3 Å². The topological polar surface area (TPSA) is 78.7 Å². The summed E-state index contributed by atoms with van der Waals surface area (Å²) in [5, 5.41) is 5.16. The normalized spacial score (nSPS) is 23.2. The molecule has 1 aromatic heterocycles. The van der Waals surface area contributed by atoms with E-state index in [1.807, 2.05) is 47.8 Å². The van der Waals surface area contributed by atoms with Crippen LogP contribution in [-0.2, 0) is 17.8 Å². The average Bonchev–Trinajstić information content (AvgIpc) is 3.53. The summed E-state index contributed by atoms with van der Waals surface area (Å²) in [4.78, 5) is 32.1. The molecule has 212 valence electrons. The minimum absolute atomic E-state index is 0.0696. The van der Waals surface area contributed by atoms with Crippen LogP contribution in [0.25, 0.3) is 0 Å². The van der Waals surface area contributed by atoms with Gasteiger partial charge < -0.3 is 16.0 Å². The maximum atomic E-state index is 13.8. The Labute approximate surface area is 240 Å². The minimum Gasteiger partial charge on any atom is -0.352 e. The van der Waals surface area contributed by atoms with E-state index in [0.717, 1.165) is 50.6 Å². The van der Waals surface area contributed by atoms with Gasteiger partial charge in [-0.1, -0.05) is 48.5 Å². The van der Waals surface area contributed by atoms with Gasteiger partial charge in [0.15, 0.2) is 0 Å². The van der Waals surface area contributed by atoms with Crippen LogP contribution in [0.3, 0.4) is 0 Å². The number of carbonyl (C=O) groups is 2. The second kappa shape index (κ2) is 13.5. The third-order valence-electron chi connectivity index (χ3n) is 8.33. The zero-order valence-corrected chi connectivity index (χ0v) is 23.7. The van der Waals surface area contributed by atoms with Gasteiger partial charge in [-0.15, -0.1) is 11.3 Å². The monoisotopic (exact) mass is 562 g/mol. The van der Waals surface area contributed by atoms with Crippen LogP contribution in [0.2, 0.25) is 0 Å². The molecule has 0 radical (unpaired) electrons. The molecule has 0 spiro atoms. The molecule has 2 aromatic carbocycles. The molecule has 40 heavy (non-hydrogen) atoms. The standard InChI is InChI=1S/C32H39FN4O2S/c33-25-10-8-24(9-11-25)22-36(18-16-23-5-2-1-3-6-23)28-17-19-37(32(39)30-7-4-20-40-30)29(21-28)31(38)35-27-14-12-26(34)13-15-27/h1-11,20,26-29H,12-19,21-22,34H2,(H,35,38)/t26?,27?,28?,29-/m1/s1. The lowest BCUT2D eigenvalue weighted by atomic mass is 9.90. The summed E-state index contributed by atoms with van der Waals surface area (Å²) >= 11 is 1.41. The number of hydrogen-bond acceptors (Lipinski definition) is 5. The number of likely N-dealkylation sites (tertiary alicyclic amines) is 1. The number of nitrogens with zero attached hydrogens (tertiary/aromatic N) is 2. The molecule has 3 aromatic rings. The van der Waals surface area contributed by atoms with E-state index in [2.05, 4.69) is 22.3 Å². The van der Waals surface area contributed by atoms with E-state index in [9.17, 15) is 14.0 Å². The Hall–Kier alpha value is -3.07. The molecule has 1 aliphatic heterocycles. The van der Waals surface area contributed by atoms with Crippen LogP contribution in [-0.4, -0.2) is 58.9 Å². The highest BCUT2D eigenvalue weighted by molar-refractivity contribution is 7.12. The molecule has 2 fully saturated rings. The van der Waals surface area contributed by atoms with Crippen LogP contribution in [0.4, 0.5) is 4.39 Å². The first-order chi connectivity index (χ1) is 19.5. The van der Waals surface area contributed by atoms with Crippen molar-refractivity contribution in [1.29, 1.82) is 0 Å². The first-order valence-corrected chi connectivity index (χ1v) is 15.3. The summed E-state index contributed by atoms with van der Waals surface area (Å²) in [7, 11) is 0. The van der Waals surface area contributed by atoms with Crippen LogP contribution in [0.5, 0.6) is 0 Å². The Morgan fingerprint density at radius 2 is 1.70 bits per heavy atom. The fourth-order valence-corrected chi connectivity index (χ4v) is 6.68. The molecule has 2 aliphatic rings. The van der Waals surface area contributed by atoms with Crippen LogP contribution >= 0.6 is 11.3 Å². The Kier molecular flexibility index (Phi) is 9.62. The minimum atomic E-state index is -0.545. The summed E-state index contributed by atoms with van der Waals surface area (Å²) < 4.78 is 13.6. The molecule has 6 nitrogen and oxygen atoms in total. The quantitative estimate of drug-likeness (QED) is 0.385. The zero-order chi connectivity index (χ0) is 27.9. The number of carbonyl (C=O) groups excluding carboxylic acids is 2. The third kappa shape index (κ3) is 7.36. The van der Waals surface area contributed by atoms with Gasteiger partial charge >= 0.3 is 0 Å². The summed E-state index contributed by atoms with van der Waals surface area (Å²) in [6.07, 6.45) is 5.75. The predicted molar refractivity (Wildman–Crippen MR) is 157 cm³/mol. The Morgan fingerprint density at radius 1 is 0.950 bits per heavy atom. The highest BCUT2D eigenvalue weighted by Gasteiger charge is 2.39. The lowest BCUT2D eigenvalue weighted by Gasteiger charge is -2.43. The maximum Gasteiger partial charge on any atom is 0.264 e. The lowest BCUT2D eigenvalue weighted by Crippen LogP contribution is -2.58. The van der Waals surface area contributed by atoms with Gasteiger partial charge in [-0.05, 0) is 79.7 Å². The third-order valence-corrected chi connectivity index (χ3v) is 9.19. The molecule has 2 heterocycles. The molecule has 1 aliphatic carbocycles. The number of hydrogen-bond donors (Lipinski definition) is 2. The highest BCUT2D eigenvalue weighted by atomic mass is 32.1. The van der Waals surface area contributed by atoms with E-state index in [0.29, 0.717) is 24.4 Å². The Morgan fingerprint density at radius 3 is 2.40 bits per heavy atom. The number of piperidine rings is 1. The van der Waals surface area contributed by atoms with E-state index in [4.69, 9.17) is 5.73 Å². The zero-order valence-electron chi connectivity index (χ0n) is 22.9. The van der Waals surface area contributed by atoms with E-state index in [1.54, 1.807) is 4.90 Å². The van der Waals surface area contributed by atoms with Gasteiger partial charge in [-0.2, -0.15) is 0 Å². The number of nitrogens with two attached hydrogens (primary N) is 1. The maximum absolute atomic E-state index is 13.8. The molecular formula is C32H39FN4O2S. The number of halogens is 1. The van der Waals surface area contributed by atoms with Gasteiger partial charge in [0.2, 0.25) is 5.91 Å². The van der Waals surface area contributed by atoms with E-state index in [1.165, 1.54) is 29.0 Å². The second-order valence-corrected chi connectivity index (χ2v) is 12.1. The molecule has 1 saturated heterocycles. The van der Waals surface area contributed by atoms with Crippen molar-refractivity contribution < 1.29 is 14.0 Å². The van der Waals surface area contributed by atoms with Crippen molar-refractivity contribution >= 4 is 23.2 Å². The van der Waals surface area contributed by atoms with Crippen molar-refractivity contribution in [2.24, 2.45) is 5.73 Å². The molecule has 1 unspecified atom stereocenters. The van der Waals surface area contributed by atoms with Crippen LogP contribution in [0, 0.1) is 5.82 Å². The first-order valence-electron chi connectivity index (χ1n) is 14.4. The average molecular weight is 563 g/mol. The highest BCUT2D eigenvalue weighted by Crippen LogP contribution is 2.28. The molecular weight excluding hydrogens is 523 g/mol. The molecule has 5 rings (SSSR count). The molecule has 2 atom stereocenters. The van der Waals surface area contributed by atoms with E-state index < -0.39 is 6.04 Å². The number of nitrogens with one attached hydrogen (secondary N) is 1. The molecule has 3 N–H and O–H groups in total. The molecule has 0 bridgehead atoms. The van der Waals surface area contributed by atoms with Gasteiger partial charge in [-0.3, -0.25) is 14.5 Å². The van der Waals surface area contributed by atoms with Crippen molar-refractivity contribution in [3.05, 3.63) is 93.9 Å². The van der Waals surface area contributed by atoms with Gasteiger partial charge in [0.05, 0.1) is 4.88 Å². The molecule has 8 heteroatoms. The van der Waals surface area contributed by atoms with Crippen molar-refractivity contribution in [2.75, 3.05) is 13.1 Å². The number of rotatable bonds is 9. The van der Waals surface area contributed by atoms with E-state index in [-0.39, 0.29) is 35.8 Å². The van der Waals surface area contributed by atoms with E-state index >= 15 is 0 Å². The lowest BCUT2D eigenvalue weighted by molar-refractivity contribution is -0.128. The van der Waals surface area contributed by atoms with Gasteiger partial charge in [0.1, 0.15) is 11.9 Å². The molecule has 1 saturated carbocycles. The summed E-state index contributed by atoms with van der Waals surface area (Å²) in [6, 6.07) is 20.6. The summed E-state index contributed by atoms with van der Waals surface area (Å²) in [5.41, 5.74) is 8.37. The smallest absolute Gasteiger partial charge is 0.264 e. The fraction of sp³-hybridized carbons (Fsp3) is 0.438. The van der Waals surface area contributed by atoms with Crippen molar-refractivity contribution in [2.45, 2.75) is 75.7 Å². The second-order valence-electron chi connectivity index (χ2n) is 11.1. The van der Waals surface area contributed by atoms with Gasteiger partial charge in [0, 0.05) is 37.8 Å². The Bertz CT molecular complexity index is 1230. The largest absolute Gasteiger partial charge is 0.352 e. The van der Waals surface area contributed by atoms with Crippen LogP contribution in [0.15, 0.2) is 72.1 Å². The first kappa shape index (κ1) is 28.5. The number of amides is 2. The number of thiophene rings is 1. The number of benzene rings is 2. The van der Waals surface area contributed by atoms with Crippen molar-refractivity contribution in [3.8, 4) is 0 Å². The predicted octanol–water partition coefficient (Wildman–Crippen LogP) is 4.99. The Balaban J connectivity index is 1.35. The van der Waals surface area contributed by atoms with Gasteiger partial charge in [-0.25, -0.2) is 4.39 Å². The van der Waals surface area contributed by atoms with Gasteiger partial charge in [0.25, 0.3) is 5.91 Å². The fourth-order valence-electron chi connectivity index (χ4n) is 6.01. The SMILES string of the molecule is NC1CCC(NC(=O)[C@H]2CC(N(CCc3ccccc3)Cc3ccc(F)cc3)CCN2C(=O)c2cccs2)CC1. The van der Waals surface area contributed by atoms with Crippen molar-refractivity contribution in [1.82, 2.24) is 15.1 Å².